The Morgan fingerprint density at radius 2 is 2.13 bits per heavy atom. The maximum Gasteiger partial charge on any atom is 0.326 e. The summed E-state index contributed by atoms with van der Waals surface area (Å²) in [6, 6.07) is 0. The van der Waals surface area contributed by atoms with Gasteiger partial charge in [0.25, 0.3) is 5.56 Å². The molecule has 2 aromatic rings. The zero-order valence-corrected chi connectivity index (χ0v) is 8.57. The molecule has 3 rings (SSSR count). The average molecular weight is 224 g/mol. The van der Waals surface area contributed by atoms with Gasteiger partial charge in [-0.2, -0.15) is 0 Å². The molecule has 15 heavy (non-hydrogen) atoms. The molecule has 6 heteroatoms. The number of rotatable bonds is 0. The lowest BCUT2D eigenvalue weighted by Gasteiger charge is -2.10. The van der Waals surface area contributed by atoms with Crippen LogP contribution in [0.3, 0.4) is 0 Å². The van der Waals surface area contributed by atoms with E-state index in [4.69, 9.17) is 4.74 Å². The van der Waals surface area contributed by atoms with Crippen molar-refractivity contribution in [3.63, 3.8) is 0 Å². The van der Waals surface area contributed by atoms with Crippen LogP contribution in [0, 0.1) is 0 Å². The topological polar surface area (TPSA) is 75.0 Å². The number of hydrogen-bond donors (Lipinski definition) is 2. The Kier molecular flexibility index (Phi) is 1.80. The van der Waals surface area contributed by atoms with E-state index in [0.29, 0.717) is 23.4 Å². The highest BCUT2D eigenvalue weighted by Gasteiger charge is 2.18. The van der Waals surface area contributed by atoms with E-state index in [0.717, 1.165) is 16.9 Å². The predicted molar refractivity (Wildman–Crippen MR) is 56.4 cm³/mol. The molecule has 0 aliphatic carbocycles. The van der Waals surface area contributed by atoms with Crippen molar-refractivity contribution in [2.24, 2.45) is 0 Å². The molecule has 0 amide bonds. The Balaban J connectivity index is 2.47. The number of aromatic amines is 2. The largest absolute Gasteiger partial charge is 0.376 e. The van der Waals surface area contributed by atoms with Crippen LogP contribution in [0.5, 0.6) is 0 Å². The molecule has 1 aliphatic rings. The summed E-state index contributed by atoms with van der Waals surface area (Å²) in [6.45, 7) is 1.17. The molecule has 0 aromatic carbocycles. The van der Waals surface area contributed by atoms with Crippen LogP contribution in [0.1, 0.15) is 10.4 Å². The molecule has 0 fully saturated rings. The second kappa shape index (κ2) is 3.04. The molecular formula is C9H8N2O3S. The summed E-state index contributed by atoms with van der Waals surface area (Å²) in [6.07, 6.45) is 0.741. The first kappa shape index (κ1) is 8.87. The van der Waals surface area contributed by atoms with Gasteiger partial charge in [0, 0.05) is 4.88 Å². The van der Waals surface area contributed by atoms with Gasteiger partial charge in [-0.05, 0) is 12.0 Å². The van der Waals surface area contributed by atoms with Crippen LogP contribution in [-0.2, 0) is 17.8 Å². The summed E-state index contributed by atoms with van der Waals surface area (Å²) in [5, 5.41) is 0.623. The SMILES string of the molecule is O=c1[nH]c(=O)c2c3c(sc2[nH]1)COCC3. The van der Waals surface area contributed by atoms with Gasteiger partial charge in [0.15, 0.2) is 0 Å². The highest BCUT2D eigenvalue weighted by atomic mass is 32.1. The van der Waals surface area contributed by atoms with Crippen LogP contribution >= 0.6 is 11.3 Å². The van der Waals surface area contributed by atoms with E-state index in [1.165, 1.54) is 11.3 Å². The molecule has 0 saturated carbocycles. The Hall–Kier alpha value is -1.40. The van der Waals surface area contributed by atoms with Crippen molar-refractivity contribution in [2.45, 2.75) is 13.0 Å². The average Bonchev–Trinajstić information content (AvgIpc) is 2.54. The van der Waals surface area contributed by atoms with Gasteiger partial charge in [-0.15, -0.1) is 11.3 Å². The van der Waals surface area contributed by atoms with Gasteiger partial charge in [0.1, 0.15) is 4.83 Å². The molecule has 0 unspecified atom stereocenters. The Morgan fingerprint density at radius 3 is 3.00 bits per heavy atom. The Bertz CT molecular complexity index is 637. The van der Waals surface area contributed by atoms with Gasteiger partial charge in [0.2, 0.25) is 0 Å². The zero-order valence-electron chi connectivity index (χ0n) is 7.75. The maximum absolute atomic E-state index is 11.6. The lowest BCUT2D eigenvalue weighted by atomic mass is 10.1. The number of H-pyrrole nitrogens is 2. The molecule has 0 radical (unpaired) electrons. The van der Waals surface area contributed by atoms with E-state index in [2.05, 4.69) is 9.97 Å². The smallest absolute Gasteiger partial charge is 0.326 e. The summed E-state index contributed by atoms with van der Waals surface area (Å²) in [7, 11) is 0. The number of nitrogens with one attached hydrogen (secondary N) is 2. The Labute approximate surface area is 87.7 Å². The molecule has 0 bridgehead atoms. The third kappa shape index (κ3) is 1.25. The van der Waals surface area contributed by atoms with Gasteiger partial charge in [-0.3, -0.25) is 14.8 Å². The Morgan fingerprint density at radius 1 is 1.27 bits per heavy atom. The minimum Gasteiger partial charge on any atom is -0.376 e. The monoisotopic (exact) mass is 224 g/mol. The molecule has 0 spiro atoms. The van der Waals surface area contributed by atoms with Crippen molar-refractivity contribution in [3.8, 4) is 0 Å². The van der Waals surface area contributed by atoms with Gasteiger partial charge < -0.3 is 4.74 Å². The molecule has 0 saturated heterocycles. The summed E-state index contributed by atoms with van der Waals surface area (Å²) >= 11 is 1.43. The molecule has 3 heterocycles. The van der Waals surface area contributed by atoms with Crippen LogP contribution in [0.15, 0.2) is 9.59 Å². The fourth-order valence-corrected chi connectivity index (χ4v) is 3.04. The van der Waals surface area contributed by atoms with Crippen molar-refractivity contribution in [1.29, 1.82) is 0 Å². The molecule has 2 N–H and O–H groups in total. The maximum atomic E-state index is 11.6. The second-order valence-corrected chi connectivity index (χ2v) is 4.52. The van der Waals surface area contributed by atoms with E-state index >= 15 is 0 Å². The van der Waals surface area contributed by atoms with Crippen LogP contribution in [0.2, 0.25) is 0 Å². The first-order valence-corrected chi connectivity index (χ1v) is 5.42. The first-order chi connectivity index (χ1) is 7.25. The van der Waals surface area contributed by atoms with E-state index in [9.17, 15) is 9.59 Å². The quantitative estimate of drug-likeness (QED) is 0.678. The molecule has 5 nitrogen and oxygen atoms in total. The third-order valence-corrected chi connectivity index (χ3v) is 3.62. The highest BCUT2D eigenvalue weighted by molar-refractivity contribution is 7.18. The van der Waals surface area contributed by atoms with Gasteiger partial charge in [-0.25, -0.2) is 4.79 Å². The number of ether oxygens (including phenoxy) is 1. The fraction of sp³-hybridized carbons (Fsp3) is 0.333. The lowest BCUT2D eigenvalue weighted by molar-refractivity contribution is 0.114. The lowest BCUT2D eigenvalue weighted by Crippen LogP contribution is -2.22. The summed E-state index contributed by atoms with van der Waals surface area (Å²) < 4.78 is 5.30. The van der Waals surface area contributed by atoms with Gasteiger partial charge in [0.05, 0.1) is 18.6 Å². The van der Waals surface area contributed by atoms with E-state index in [1.807, 2.05) is 0 Å². The molecular weight excluding hydrogens is 216 g/mol. The van der Waals surface area contributed by atoms with Crippen molar-refractivity contribution in [3.05, 3.63) is 31.3 Å². The number of aromatic nitrogens is 2. The predicted octanol–water partition coefficient (Wildman–Crippen LogP) is 0.351. The minimum absolute atomic E-state index is 0.298. The van der Waals surface area contributed by atoms with E-state index in [1.54, 1.807) is 0 Å². The summed E-state index contributed by atoms with van der Waals surface area (Å²) in [5.41, 5.74) is 0.277. The van der Waals surface area contributed by atoms with Crippen molar-refractivity contribution >= 4 is 21.6 Å². The van der Waals surface area contributed by atoms with Crippen molar-refractivity contribution in [1.82, 2.24) is 9.97 Å². The van der Waals surface area contributed by atoms with E-state index in [-0.39, 0.29) is 5.56 Å². The van der Waals surface area contributed by atoms with Gasteiger partial charge in [-0.1, -0.05) is 0 Å². The van der Waals surface area contributed by atoms with E-state index < -0.39 is 5.69 Å². The first-order valence-electron chi connectivity index (χ1n) is 4.60. The van der Waals surface area contributed by atoms with Crippen LogP contribution in [0.25, 0.3) is 10.2 Å². The zero-order chi connectivity index (χ0) is 10.4. The fourth-order valence-electron chi connectivity index (χ4n) is 1.86. The highest BCUT2D eigenvalue weighted by Crippen LogP contribution is 2.30. The standard InChI is InChI=1S/C9H8N2O3S/c12-7-6-4-1-2-14-3-5(4)15-8(6)11-9(13)10-7/h1-3H2,(H2,10,11,12,13). The van der Waals surface area contributed by atoms with Crippen LogP contribution < -0.4 is 11.2 Å². The normalized spacial score (nSPS) is 15.5. The summed E-state index contributed by atoms with van der Waals surface area (Å²) in [5.74, 6) is 0. The second-order valence-electron chi connectivity index (χ2n) is 3.42. The minimum atomic E-state index is -0.452. The van der Waals surface area contributed by atoms with Crippen LogP contribution in [-0.4, -0.2) is 16.6 Å². The van der Waals surface area contributed by atoms with Crippen LogP contribution in [0.4, 0.5) is 0 Å². The molecule has 78 valence electrons. The van der Waals surface area contributed by atoms with Crippen molar-refractivity contribution in [2.75, 3.05) is 6.61 Å². The number of thiophene rings is 1. The summed E-state index contributed by atoms with van der Waals surface area (Å²) in [4.78, 5) is 29.3. The third-order valence-electron chi connectivity index (χ3n) is 2.50. The number of hydrogen-bond acceptors (Lipinski definition) is 4. The molecule has 0 atom stereocenters. The van der Waals surface area contributed by atoms with Crippen molar-refractivity contribution < 1.29 is 4.74 Å². The molecule has 2 aromatic heterocycles. The molecule has 1 aliphatic heterocycles. The van der Waals surface area contributed by atoms with Gasteiger partial charge >= 0.3 is 5.69 Å². The number of fused-ring (bicyclic) bond motifs is 3.